The lowest BCUT2D eigenvalue weighted by molar-refractivity contribution is -0.115. The van der Waals surface area contributed by atoms with E-state index < -0.39 is 0 Å². The topological polar surface area (TPSA) is 87.3 Å². The summed E-state index contributed by atoms with van der Waals surface area (Å²) in [5, 5.41) is 3.00. The summed E-state index contributed by atoms with van der Waals surface area (Å²) in [5.74, 6) is -0.0757. The van der Waals surface area contributed by atoms with Crippen molar-refractivity contribution < 1.29 is 9.53 Å². The molecule has 0 atom stereocenters. The highest BCUT2D eigenvalue weighted by Crippen LogP contribution is 2.52. The number of anilines is 2. The maximum atomic E-state index is 12.6. The Morgan fingerprint density at radius 2 is 1.89 bits per heavy atom. The second-order valence-corrected chi connectivity index (χ2v) is 10.9. The minimum absolute atomic E-state index is 0.0757. The van der Waals surface area contributed by atoms with Gasteiger partial charge in [-0.25, -0.2) is 0 Å². The molecule has 2 aromatic carbocycles. The monoisotopic (exact) mass is 528 g/mol. The zero-order valence-electron chi connectivity index (χ0n) is 19.9. The fourth-order valence-corrected chi connectivity index (χ4v) is 6.88. The van der Waals surface area contributed by atoms with Crippen LogP contribution >= 0.6 is 23.5 Å². The minimum Gasteiger partial charge on any atom is -0.378 e. The Balaban J connectivity index is 1.25. The van der Waals surface area contributed by atoms with Crippen LogP contribution in [-0.4, -0.2) is 42.2 Å². The molecule has 0 unspecified atom stereocenters. The van der Waals surface area contributed by atoms with E-state index in [1.54, 1.807) is 42.0 Å². The summed E-state index contributed by atoms with van der Waals surface area (Å²) < 4.78 is 5.47. The molecule has 0 spiro atoms. The number of ether oxygens (including phenoxy) is 1. The lowest BCUT2D eigenvalue weighted by atomic mass is 10.1. The second kappa shape index (κ2) is 10.5. The fourth-order valence-electron chi connectivity index (χ4n) is 4.46. The van der Waals surface area contributed by atoms with Gasteiger partial charge in [-0.1, -0.05) is 41.7 Å². The van der Waals surface area contributed by atoms with E-state index in [1.807, 2.05) is 36.4 Å². The van der Waals surface area contributed by atoms with E-state index in [2.05, 4.69) is 38.4 Å². The Kier molecular flexibility index (Phi) is 6.73. The number of nitrogens with one attached hydrogen (secondary N) is 2. The van der Waals surface area contributed by atoms with Gasteiger partial charge in [0.2, 0.25) is 11.5 Å². The first kappa shape index (κ1) is 23.8. The summed E-state index contributed by atoms with van der Waals surface area (Å²) in [5.41, 5.74) is 4.25. The fraction of sp³-hybridized carbons (Fsp3) is 0.179. The number of morpholine rings is 1. The molecule has 37 heavy (non-hydrogen) atoms. The van der Waals surface area contributed by atoms with Gasteiger partial charge >= 0.3 is 0 Å². The van der Waals surface area contributed by atoms with Gasteiger partial charge in [0.25, 0.3) is 0 Å². The van der Waals surface area contributed by atoms with Gasteiger partial charge in [-0.2, -0.15) is 0 Å². The van der Waals surface area contributed by atoms with E-state index in [1.165, 1.54) is 0 Å². The first-order valence-electron chi connectivity index (χ1n) is 12.0. The molecule has 0 aliphatic carbocycles. The van der Waals surface area contributed by atoms with Crippen molar-refractivity contribution in [2.75, 3.05) is 36.5 Å². The van der Waals surface area contributed by atoms with Gasteiger partial charge in [-0.05, 0) is 42.0 Å². The molecule has 4 aromatic rings. The summed E-state index contributed by atoms with van der Waals surface area (Å²) in [6.45, 7) is 2.87. The van der Waals surface area contributed by atoms with Crippen molar-refractivity contribution >= 4 is 40.8 Å². The number of rotatable bonds is 5. The molecule has 0 bridgehead atoms. The highest BCUT2D eigenvalue weighted by molar-refractivity contribution is 8.05. The maximum Gasteiger partial charge on any atom is 0.250 e. The highest BCUT2D eigenvalue weighted by atomic mass is 32.2. The molecule has 4 heterocycles. The minimum atomic E-state index is -0.114. The SMILES string of the molecule is O=C(Cc1cccnc1)Nc1ccc2c(c1)Sc1cccc(-c3cc(N4CCOCC4)cc(=O)[nH]3)c1S2. The molecule has 1 amide bonds. The number of hydrogen-bond donors (Lipinski definition) is 2. The summed E-state index contributed by atoms with van der Waals surface area (Å²) in [4.78, 5) is 38.8. The molecule has 2 aliphatic rings. The van der Waals surface area contributed by atoms with Crippen LogP contribution in [0.4, 0.5) is 11.4 Å². The molecule has 0 radical (unpaired) electrons. The molecule has 0 saturated carbocycles. The number of carbonyl (C=O) groups is 1. The van der Waals surface area contributed by atoms with E-state index in [4.69, 9.17) is 4.74 Å². The van der Waals surface area contributed by atoms with Gasteiger partial charge in [-0.15, -0.1) is 0 Å². The first-order chi connectivity index (χ1) is 18.1. The molecular formula is C28H24N4O3S2. The van der Waals surface area contributed by atoms with E-state index in [-0.39, 0.29) is 17.9 Å². The molecule has 7 nitrogen and oxygen atoms in total. The standard InChI is InChI=1S/C28H24N4O3S2/c33-26(13-18-3-2-8-29-17-18)30-19-6-7-23-25(14-19)36-24-5-1-4-21(28(24)37-23)22-15-20(16-27(34)31-22)32-9-11-35-12-10-32/h1-8,14-17H,9-13H2,(H,30,33)(H,31,34). The number of aromatic nitrogens is 2. The smallest absolute Gasteiger partial charge is 0.250 e. The Hall–Kier alpha value is -3.53. The second-order valence-electron chi connectivity index (χ2n) is 8.80. The number of hydrogen-bond acceptors (Lipinski definition) is 7. The van der Waals surface area contributed by atoms with Crippen molar-refractivity contribution in [2.24, 2.45) is 0 Å². The molecule has 2 N–H and O–H groups in total. The zero-order chi connectivity index (χ0) is 25.2. The van der Waals surface area contributed by atoms with Gasteiger partial charge in [0.05, 0.1) is 25.3 Å². The summed E-state index contributed by atoms with van der Waals surface area (Å²) in [7, 11) is 0. The van der Waals surface area contributed by atoms with Gasteiger partial charge in [-0.3, -0.25) is 14.6 Å². The average molecular weight is 529 g/mol. The highest BCUT2D eigenvalue weighted by Gasteiger charge is 2.22. The number of nitrogens with zero attached hydrogens (tertiary/aromatic N) is 2. The maximum absolute atomic E-state index is 12.6. The average Bonchev–Trinajstić information content (AvgIpc) is 2.92. The summed E-state index contributed by atoms with van der Waals surface area (Å²) in [6, 6.07) is 19.6. The lowest BCUT2D eigenvalue weighted by Crippen LogP contribution is -2.36. The van der Waals surface area contributed by atoms with Gasteiger partial charge in [0.1, 0.15) is 0 Å². The molecule has 186 valence electrons. The third-order valence-corrected chi connectivity index (χ3v) is 8.82. The molecule has 9 heteroatoms. The Morgan fingerprint density at radius 1 is 1.00 bits per heavy atom. The number of fused-ring (bicyclic) bond motifs is 2. The summed E-state index contributed by atoms with van der Waals surface area (Å²) in [6.07, 6.45) is 3.68. The van der Waals surface area contributed by atoms with Crippen LogP contribution in [-0.2, 0) is 16.0 Å². The quantitative estimate of drug-likeness (QED) is 0.329. The Morgan fingerprint density at radius 3 is 2.73 bits per heavy atom. The largest absolute Gasteiger partial charge is 0.378 e. The van der Waals surface area contributed by atoms with Crippen LogP contribution in [0.5, 0.6) is 0 Å². The van der Waals surface area contributed by atoms with Crippen molar-refractivity contribution in [2.45, 2.75) is 26.0 Å². The van der Waals surface area contributed by atoms with Crippen LogP contribution in [0.15, 0.2) is 97.4 Å². The van der Waals surface area contributed by atoms with Crippen molar-refractivity contribution in [3.05, 3.63) is 89.0 Å². The van der Waals surface area contributed by atoms with E-state index in [0.29, 0.717) is 13.2 Å². The summed E-state index contributed by atoms with van der Waals surface area (Å²) >= 11 is 3.36. The van der Waals surface area contributed by atoms with Crippen LogP contribution in [0.25, 0.3) is 11.3 Å². The van der Waals surface area contributed by atoms with E-state index in [0.717, 1.165) is 60.9 Å². The number of pyridine rings is 2. The molecule has 1 saturated heterocycles. The van der Waals surface area contributed by atoms with Crippen LogP contribution in [0, 0.1) is 0 Å². The first-order valence-corrected chi connectivity index (χ1v) is 13.6. The lowest BCUT2D eigenvalue weighted by Gasteiger charge is -2.29. The van der Waals surface area contributed by atoms with E-state index >= 15 is 0 Å². The molecule has 1 fully saturated rings. The normalized spacial score (nSPS) is 14.5. The van der Waals surface area contributed by atoms with Gasteiger partial charge in [0, 0.05) is 68.1 Å². The number of aromatic amines is 1. The van der Waals surface area contributed by atoms with Crippen LogP contribution in [0.3, 0.4) is 0 Å². The van der Waals surface area contributed by atoms with Crippen LogP contribution < -0.4 is 15.8 Å². The van der Waals surface area contributed by atoms with Crippen LogP contribution in [0.2, 0.25) is 0 Å². The van der Waals surface area contributed by atoms with E-state index in [9.17, 15) is 9.59 Å². The van der Waals surface area contributed by atoms with Crippen molar-refractivity contribution in [3.63, 3.8) is 0 Å². The number of carbonyl (C=O) groups excluding carboxylic acids is 1. The molecule has 2 aromatic heterocycles. The predicted octanol–water partition coefficient (Wildman–Crippen LogP) is 5.07. The number of amides is 1. The van der Waals surface area contributed by atoms with Crippen molar-refractivity contribution in [1.29, 1.82) is 0 Å². The van der Waals surface area contributed by atoms with Gasteiger partial charge < -0.3 is 19.9 Å². The molecule has 2 aliphatic heterocycles. The zero-order valence-corrected chi connectivity index (χ0v) is 21.5. The Labute approximate surface area is 222 Å². The number of H-pyrrole nitrogens is 1. The predicted molar refractivity (Wildman–Crippen MR) is 147 cm³/mol. The Bertz CT molecular complexity index is 1520. The van der Waals surface area contributed by atoms with Gasteiger partial charge in [0.15, 0.2) is 0 Å². The molecule has 6 rings (SSSR count). The third-order valence-electron chi connectivity index (χ3n) is 6.22. The van der Waals surface area contributed by atoms with Crippen LogP contribution in [0.1, 0.15) is 5.56 Å². The number of benzene rings is 2. The molecular weight excluding hydrogens is 504 g/mol. The van der Waals surface area contributed by atoms with Crippen molar-refractivity contribution in [3.8, 4) is 11.3 Å². The van der Waals surface area contributed by atoms with Crippen molar-refractivity contribution in [1.82, 2.24) is 9.97 Å². The third kappa shape index (κ3) is 5.29.